The number of nitrogens with zero attached hydrogens (tertiary/aromatic N) is 2. The van der Waals surface area contributed by atoms with Crippen molar-refractivity contribution in [3.63, 3.8) is 0 Å². The van der Waals surface area contributed by atoms with Gasteiger partial charge < -0.3 is 41.1 Å². The van der Waals surface area contributed by atoms with Crippen LogP contribution >= 0.6 is 0 Å². The lowest BCUT2D eigenvalue weighted by Crippen LogP contribution is -2.38. The Balaban J connectivity index is 0.000000346. The number of benzene rings is 2. The van der Waals surface area contributed by atoms with E-state index in [4.69, 9.17) is 36.1 Å². The maximum Gasteiger partial charge on any atom is 0.234 e. The SMILES string of the molecule is COc1ccc(/C=C(/C#N)c2cc(OC)c(OC)c(OC)c2)cc1N.NC(=O)[C@@H](N)Cc1cnc[nH]1. The van der Waals surface area contributed by atoms with Gasteiger partial charge in [0.1, 0.15) is 5.75 Å². The number of nitrogen functional groups attached to an aromatic ring is 1. The molecule has 1 amide bonds. The lowest BCUT2D eigenvalue weighted by atomic mass is 10.0. The van der Waals surface area contributed by atoms with Gasteiger partial charge in [-0.15, -0.1) is 0 Å². The zero-order valence-electron chi connectivity index (χ0n) is 20.6. The smallest absolute Gasteiger partial charge is 0.234 e. The first kappa shape index (κ1) is 27.6. The highest BCUT2D eigenvalue weighted by Crippen LogP contribution is 2.40. The van der Waals surface area contributed by atoms with Crippen LogP contribution in [-0.4, -0.2) is 50.4 Å². The fraction of sp³-hybridized carbons (Fsp3) is 0.240. The summed E-state index contributed by atoms with van der Waals surface area (Å²) < 4.78 is 21.1. The van der Waals surface area contributed by atoms with Gasteiger partial charge in [-0.25, -0.2) is 4.98 Å². The van der Waals surface area contributed by atoms with E-state index >= 15 is 0 Å². The quantitative estimate of drug-likeness (QED) is 0.196. The molecule has 190 valence electrons. The van der Waals surface area contributed by atoms with E-state index in [1.165, 1.54) is 27.7 Å². The highest BCUT2D eigenvalue weighted by atomic mass is 16.5. The molecule has 0 spiro atoms. The summed E-state index contributed by atoms with van der Waals surface area (Å²) in [6.45, 7) is 0. The molecule has 11 heteroatoms. The van der Waals surface area contributed by atoms with Crippen LogP contribution in [0.15, 0.2) is 42.9 Å². The Labute approximate surface area is 209 Å². The van der Waals surface area contributed by atoms with Gasteiger partial charge >= 0.3 is 0 Å². The molecule has 1 aromatic heterocycles. The van der Waals surface area contributed by atoms with Gasteiger partial charge in [-0.1, -0.05) is 6.07 Å². The first-order valence-electron chi connectivity index (χ1n) is 10.7. The third-order valence-corrected chi connectivity index (χ3v) is 5.02. The van der Waals surface area contributed by atoms with Gasteiger partial charge in [0.25, 0.3) is 0 Å². The third kappa shape index (κ3) is 7.15. The summed E-state index contributed by atoms with van der Waals surface area (Å²) in [6.07, 6.45) is 5.29. The number of aromatic nitrogens is 2. The van der Waals surface area contributed by atoms with Crippen LogP contribution in [0.4, 0.5) is 5.69 Å². The number of hydrogen-bond donors (Lipinski definition) is 4. The van der Waals surface area contributed by atoms with Gasteiger partial charge in [0.15, 0.2) is 11.5 Å². The molecule has 0 aliphatic heterocycles. The average Bonchev–Trinajstić information content (AvgIpc) is 3.39. The zero-order chi connectivity index (χ0) is 26.7. The number of H-pyrrole nitrogens is 1. The molecule has 7 N–H and O–H groups in total. The third-order valence-electron chi connectivity index (χ3n) is 5.02. The van der Waals surface area contributed by atoms with Crippen molar-refractivity contribution in [3.05, 3.63) is 59.7 Å². The number of nitriles is 1. The number of primary amides is 1. The van der Waals surface area contributed by atoms with E-state index in [0.29, 0.717) is 46.2 Å². The summed E-state index contributed by atoms with van der Waals surface area (Å²) >= 11 is 0. The normalized spacial score (nSPS) is 11.4. The molecule has 0 radical (unpaired) electrons. The van der Waals surface area contributed by atoms with Gasteiger partial charge in [0, 0.05) is 18.3 Å². The highest BCUT2D eigenvalue weighted by molar-refractivity contribution is 5.91. The predicted molar refractivity (Wildman–Crippen MR) is 136 cm³/mol. The number of nitrogens with two attached hydrogens (primary N) is 3. The number of carbonyl (C=O) groups is 1. The van der Waals surface area contributed by atoms with Crippen molar-refractivity contribution in [1.82, 2.24) is 9.97 Å². The van der Waals surface area contributed by atoms with Gasteiger partial charge in [0.2, 0.25) is 11.7 Å². The zero-order valence-corrected chi connectivity index (χ0v) is 20.6. The van der Waals surface area contributed by atoms with Crippen LogP contribution < -0.4 is 36.1 Å². The van der Waals surface area contributed by atoms with Gasteiger partial charge in [-0.3, -0.25) is 4.79 Å². The van der Waals surface area contributed by atoms with Gasteiger partial charge in [-0.2, -0.15) is 5.26 Å². The van der Waals surface area contributed by atoms with Crippen molar-refractivity contribution in [1.29, 1.82) is 5.26 Å². The van der Waals surface area contributed by atoms with Gasteiger partial charge in [0.05, 0.1) is 58.1 Å². The Morgan fingerprint density at radius 1 is 1.08 bits per heavy atom. The van der Waals surface area contributed by atoms with Crippen molar-refractivity contribution in [2.24, 2.45) is 11.5 Å². The summed E-state index contributed by atoms with van der Waals surface area (Å²) in [4.78, 5) is 17.1. The van der Waals surface area contributed by atoms with Crippen molar-refractivity contribution >= 4 is 23.2 Å². The number of rotatable bonds is 9. The largest absolute Gasteiger partial charge is 0.495 e. The molecule has 3 aromatic rings. The summed E-state index contributed by atoms with van der Waals surface area (Å²) in [5.41, 5.74) is 19.4. The minimum absolute atomic E-state index is 0.412. The lowest BCUT2D eigenvalue weighted by molar-refractivity contribution is -0.119. The molecular formula is C25H30N6O5. The second-order valence-electron chi connectivity index (χ2n) is 7.38. The Bertz CT molecular complexity index is 1210. The predicted octanol–water partition coefficient (Wildman–Crippen LogP) is 2.13. The molecule has 0 aliphatic carbocycles. The van der Waals surface area contributed by atoms with Crippen molar-refractivity contribution in [2.75, 3.05) is 34.2 Å². The minimum Gasteiger partial charge on any atom is -0.495 e. The number of nitrogens with one attached hydrogen (secondary N) is 1. The Morgan fingerprint density at radius 3 is 2.17 bits per heavy atom. The average molecular weight is 495 g/mol. The molecule has 0 fully saturated rings. The van der Waals surface area contributed by atoms with Crippen LogP contribution in [0.2, 0.25) is 0 Å². The second kappa shape index (κ2) is 13.3. The van der Waals surface area contributed by atoms with E-state index in [1.54, 1.807) is 43.6 Å². The minimum atomic E-state index is -0.629. The monoisotopic (exact) mass is 494 g/mol. The van der Waals surface area contributed by atoms with Gasteiger partial charge in [-0.05, 0) is 41.5 Å². The fourth-order valence-electron chi connectivity index (χ4n) is 3.16. The number of ether oxygens (including phenoxy) is 4. The van der Waals surface area contributed by atoms with Crippen molar-refractivity contribution < 1.29 is 23.7 Å². The number of imidazole rings is 1. The molecule has 36 heavy (non-hydrogen) atoms. The van der Waals surface area contributed by atoms with E-state index < -0.39 is 11.9 Å². The van der Waals surface area contributed by atoms with Crippen LogP contribution in [0.3, 0.4) is 0 Å². The molecule has 2 aromatic carbocycles. The maximum atomic E-state index is 10.5. The number of anilines is 1. The van der Waals surface area contributed by atoms with Crippen LogP contribution in [0.5, 0.6) is 23.0 Å². The molecule has 11 nitrogen and oxygen atoms in total. The Hall–Kier alpha value is -4.69. The molecule has 1 atom stereocenters. The standard InChI is InChI=1S/C19H20N2O4.C6H10N4O/c1-22-16-6-5-12(8-15(16)21)7-14(11-20)13-9-17(23-2)19(25-4)18(10-13)24-3;7-5(6(8)11)1-4-2-9-3-10-4/h5-10H,21H2,1-4H3;2-3,5H,1,7H2,(H2,8,11)(H,9,10)/b14-7-;/t;5-/m.0/s1. The van der Waals surface area contributed by atoms with Crippen LogP contribution in [-0.2, 0) is 11.2 Å². The molecule has 3 rings (SSSR count). The number of carbonyl (C=O) groups excluding carboxylic acids is 1. The van der Waals surface area contributed by atoms with E-state index in [9.17, 15) is 10.1 Å². The fourth-order valence-corrected chi connectivity index (χ4v) is 3.16. The lowest BCUT2D eigenvalue weighted by Gasteiger charge is -2.14. The number of hydrogen-bond acceptors (Lipinski definition) is 9. The summed E-state index contributed by atoms with van der Waals surface area (Å²) in [5.74, 6) is 1.52. The van der Waals surface area contributed by atoms with E-state index in [2.05, 4.69) is 16.0 Å². The Kier molecular flexibility index (Phi) is 10.2. The number of allylic oxidation sites excluding steroid dienone is 1. The van der Waals surface area contributed by atoms with Crippen LogP contribution in [0.1, 0.15) is 16.8 Å². The molecule has 0 saturated heterocycles. The van der Waals surface area contributed by atoms with Crippen LogP contribution in [0.25, 0.3) is 11.6 Å². The molecule has 0 saturated carbocycles. The molecule has 0 unspecified atom stereocenters. The Morgan fingerprint density at radius 2 is 1.72 bits per heavy atom. The highest BCUT2D eigenvalue weighted by Gasteiger charge is 2.15. The van der Waals surface area contributed by atoms with E-state index in [1.807, 2.05) is 6.07 Å². The van der Waals surface area contributed by atoms with E-state index in [0.717, 1.165) is 11.3 Å². The summed E-state index contributed by atoms with van der Waals surface area (Å²) in [7, 11) is 6.14. The van der Waals surface area contributed by atoms with E-state index in [-0.39, 0.29) is 0 Å². The molecular weight excluding hydrogens is 464 g/mol. The van der Waals surface area contributed by atoms with Crippen molar-refractivity contribution in [2.45, 2.75) is 12.5 Å². The summed E-state index contributed by atoms with van der Waals surface area (Å²) in [5, 5.41) is 9.58. The topological polar surface area (TPSA) is 185 Å². The number of amides is 1. The number of methoxy groups -OCH3 is 4. The molecule has 0 bridgehead atoms. The first-order chi connectivity index (χ1) is 17.3. The number of aromatic amines is 1. The van der Waals surface area contributed by atoms with Crippen molar-refractivity contribution in [3.8, 4) is 29.1 Å². The van der Waals surface area contributed by atoms with Crippen LogP contribution in [0, 0.1) is 11.3 Å². The molecule has 1 heterocycles. The maximum absolute atomic E-state index is 10.5. The second-order valence-corrected chi connectivity index (χ2v) is 7.38. The summed E-state index contributed by atoms with van der Waals surface area (Å²) in [6, 6.07) is 10.3. The molecule has 0 aliphatic rings. The first-order valence-corrected chi connectivity index (χ1v) is 10.7.